The Morgan fingerprint density at radius 3 is 2.28 bits per heavy atom. The number of nitrogens with zero attached hydrogens (tertiary/aromatic N) is 1. The van der Waals surface area contributed by atoms with E-state index in [0.29, 0.717) is 31.0 Å². The van der Waals surface area contributed by atoms with Gasteiger partial charge in [-0.05, 0) is 55.5 Å². The molecule has 0 aromatic heterocycles. The van der Waals surface area contributed by atoms with Crippen molar-refractivity contribution in [1.82, 2.24) is 14.9 Å². The maximum Gasteiger partial charge on any atom is 0.309 e. The SMILES string of the molecule is O=C(NCCc1ccc(Cl)cc1)C(=O)NCC[C@@H]1CCCCN1S(=O)(=O)c1ccccc1. The molecule has 0 spiro atoms. The summed E-state index contributed by atoms with van der Waals surface area (Å²) in [7, 11) is -3.59. The fraction of sp³-hybridized carbons (Fsp3) is 0.391. The third-order valence-electron chi connectivity index (χ3n) is 5.50. The summed E-state index contributed by atoms with van der Waals surface area (Å²) in [6.07, 6.45) is 3.52. The van der Waals surface area contributed by atoms with E-state index in [2.05, 4.69) is 10.6 Å². The number of halogens is 1. The summed E-state index contributed by atoms with van der Waals surface area (Å²) in [6, 6.07) is 15.5. The minimum absolute atomic E-state index is 0.206. The molecule has 7 nitrogen and oxygen atoms in total. The van der Waals surface area contributed by atoms with Crippen LogP contribution in [-0.4, -0.2) is 50.2 Å². The Kier molecular flexibility index (Phi) is 8.67. The van der Waals surface area contributed by atoms with Gasteiger partial charge in [-0.25, -0.2) is 8.42 Å². The van der Waals surface area contributed by atoms with E-state index in [1.807, 2.05) is 12.1 Å². The number of sulfonamides is 1. The Bertz CT molecular complexity index is 1010. The van der Waals surface area contributed by atoms with E-state index < -0.39 is 21.8 Å². The second-order valence-electron chi connectivity index (χ2n) is 7.76. The number of nitrogens with one attached hydrogen (secondary N) is 2. The lowest BCUT2D eigenvalue weighted by Crippen LogP contribution is -2.46. The number of benzene rings is 2. The van der Waals surface area contributed by atoms with Crippen molar-refractivity contribution in [2.75, 3.05) is 19.6 Å². The third-order valence-corrected chi connectivity index (χ3v) is 7.72. The summed E-state index contributed by atoms with van der Waals surface area (Å²) in [5, 5.41) is 5.85. The molecule has 1 heterocycles. The molecule has 2 amide bonds. The lowest BCUT2D eigenvalue weighted by Gasteiger charge is -2.34. The monoisotopic (exact) mass is 477 g/mol. The molecule has 1 atom stereocenters. The zero-order chi connectivity index (χ0) is 23.0. The molecule has 1 aliphatic rings. The van der Waals surface area contributed by atoms with Crippen molar-refractivity contribution in [2.24, 2.45) is 0 Å². The largest absolute Gasteiger partial charge is 0.348 e. The van der Waals surface area contributed by atoms with Gasteiger partial charge in [0.2, 0.25) is 10.0 Å². The van der Waals surface area contributed by atoms with E-state index in [0.717, 1.165) is 24.8 Å². The van der Waals surface area contributed by atoms with E-state index >= 15 is 0 Å². The minimum atomic E-state index is -3.59. The van der Waals surface area contributed by atoms with Crippen LogP contribution in [0.25, 0.3) is 0 Å². The molecule has 2 N–H and O–H groups in total. The van der Waals surface area contributed by atoms with Crippen molar-refractivity contribution in [3.05, 3.63) is 65.2 Å². The van der Waals surface area contributed by atoms with Crippen LogP contribution in [0.1, 0.15) is 31.2 Å². The quantitative estimate of drug-likeness (QED) is 0.571. The molecule has 0 unspecified atom stereocenters. The van der Waals surface area contributed by atoms with Crippen LogP contribution < -0.4 is 10.6 Å². The van der Waals surface area contributed by atoms with Gasteiger partial charge in [0.1, 0.15) is 0 Å². The summed E-state index contributed by atoms with van der Waals surface area (Å²) >= 11 is 5.85. The lowest BCUT2D eigenvalue weighted by molar-refractivity contribution is -0.139. The van der Waals surface area contributed by atoms with E-state index in [1.54, 1.807) is 42.5 Å². The molecular weight excluding hydrogens is 450 g/mol. The molecule has 9 heteroatoms. The van der Waals surface area contributed by atoms with Gasteiger partial charge in [0, 0.05) is 30.7 Å². The van der Waals surface area contributed by atoms with Gasteiger partial charge < -0.3 is 10.6 Å². The predicted molar refractivity (Wildman–Crippen MR) is 124 cm³/mol. The number of hydrogen-bond donors (Lipinski definition) is 2. The Balaban J connectivity index is 1.46. The topological polar surface area (TPSA) is 95.6 Å². The van der Waals surface area contributed by atoms with Crippen LogP contribution in [-0.2, 0) is 26.0 Å². The summed E-state index contributed by atoms with van der Waals surface area (Å²) in [4.78, 5) is 24.4. The van der Waals surface area contributed by atoms with Gasteiger partial charge in [0.05, 0.1) is 4.90 Å². The minimum Gasteiger partial charge on any atom is -0.348 e. The number of carbonyl (C=O) groups excluding carboxylic acids is 2. The van der Waals surface area contributed by atoms with E-state index in [1.165, 1.54) is 4.31 Å². The molecule has 0 radical (unpaired) electrons. The van der Waals surface area contributed by atoms with E-state index in [9.17, 15) is 18.0 Å². The summed E-state index contributed by atoms with van der Waals surface area (Å²) in [6.45, 7) is 1.02. The van der Waals surface area contributed by atoms with Gasteiger partial charge in [0.15, 0.2) is 0 Å². The number of hydrogen-bond acceptors (Lipinski definition) is 4. The van der Waals surface area contributed by atoms with Crippen LogP contribution in [0.2, 0.25) is 5.02 Å². The van der Waals surface area contributed by atoms with Crippen LogP contribution in [0.5, 0.6) is 0 Å². The Hall–Kier alpha value is -2.42. The fourth-order valence-corrected chi connectivity index (χ4v) is 5.66. The molecule has 1 fully saturated rings. The highest BCUT2D eigenvalue weighted by Crippen LogP contribution is 2.26. The fourth-order valence-electron chi connectivity index (χ4n) is 3.79. The summed E-state index contributed by atoms with van der Waals surface area (Å²) < 4.78 is 27.6. The first-order chi connectivity index (χ1) is 15.4. The van der Waals surface area contributed by atoms with Gasteiger partial charge >= 0.3 is 11.8 Å². The third kappa shape index (κ3) is 6.54. The highest BCUT2D eigenvalue weighted by Gasteiger charge is 2.33. The molecule has 0 aliphatic carbocycles. The second kappa shape index (κ2) is 11.4. The second-order valence-corrected chi connectivity index (χ2v) is 10.1. The number of piperidine rings is 1. The molecule has 0 bridgehead atoms. The first-order valence-corrected chi connectivity index (χ1v) is 12.6. The molecule has 1 saturated heterocycles. The zero-order valence-corrected chi connectivity index (χ0v) is 19.4. The predicted octanol–water partition coefficient (Wildman–Crippen LogP) is 2.75. The van der Waals surface area contributed by atoms with Crippen molar-refractivity contribution in [3.8, 4) is 0 Å². The van der Waals surface area contributed by atoms with Gasteiger partial charge in [0.25, 0.3) is 0 Å². The van der Waals surface area contributed by atoms with Gasteiger partial charge in [-0.15, -0.1) is 0 Å². The van der Waals surface area contributed by atoms with Crippen LogP contribution in [0.15, 0.2) is 59.5 Å². The lowest BCUT2D eigenvalue weighted by atomic mass is 10.0. The van der Waals surface area contributed by atoms with Crippen molar-refractivity contribution in [1.29, 1.82) is 0 Å². The average molecular weight is 478 g/mol. The van der Waals surface area contributed by atoms with Crippen LogP contribution in [0.4, 0.5) is 0 Å². The number of rotatable bonds is 8. The molecule has 172 valence electrons. The molecule has 2 aromatic carbocycles. The molecule has 0 saturated carbocycles. The smallest absolute Gasteiger partial charge is 0.309 e. The van der Waals surface area contributed by atoms with E-state index in [4.69, 9.17) is 11.6 Å². The Labute approximate surface area is 194 Å². The number of amides is 2. The standard InChI is InChI=1S/C23H28ClN3O4S/c24-19-11-9-18(10-12-19)13-15-25-22(28)23(29)26-16-14-20-6-4-5-17-27(20)32(30,31)21-7-2-1-3-8-21/h1-3,7-12,20H,4-6,13-17H2,(H,25,28)(H,26,29)/t20-/m0/s1. The van der Waals surface area contributed by atoms with Crippen molar-refractivity contribution >= 4 is 33.4 Å². The summed E-state index contributed by atoms with van der Waals surface area (Å²) in [5.41, 5.74) is 1.01. The highest BCUT2D eigenvalue weighted by atomic mass is 35.5. The van der Waals surface area contributed by atoms with Gasteiger partial charge in [-0.2, -0.15) is 4.31 Å². The molecule has 1 aliphatic heterocycles. The molecule has 32 heavy (non-hydrogen) atoms. The zero-order valence-electron chi connectivity index (χ0n) is 17.8. The van der Waals surface area contributed by atoms with Crippen molar-refractivity contribution in [3.63, 3.8) is 0 Å². The maximum atomic E-state index is 13.0. The van der Waals surface area contributed by atoms with Crippen LogP contribution in [0.3, 0.4) is 0 Å². The first-order valence-electron chi connectivity index (χ1n) is 10.8. The van der Waals surface area contributed by atoms with Gasteiger partial charge in [-0.3, -0.25) is 9.59 Å². The first kappa shape index (κ1) is 24.2. The van der Waals surface area contributed by atoms with Gasteiger partial charge in [-0.1, -0.05) is 48.4 Å². The van der Waals surface area contributed by atoms with Crippen molar-refractivity contribution < 1.29 is 18.0 Å². The molecular formula is C23H28ClN3O4S. The van der Waals surface area contributed by atoms with Crippen LogP contribution >= 0.6 is 11.6 Å². The maximum absolute atomic E-state index is 13.0. The normalized spacial score (nSPS) is 17.0. The molecule has 3 rings (SSSR count). The Morgan fingerprint density at radius 2 is 1.59 bits per heavy atom. The summed E-state index contributed by atoms with van der Waals surface area (Å²) in [5.74, 6) is -1.41. The number of carbonyl (C=O) groups is 2. The van der Waals surface area contributed by atoms with Crippen LogP contribution in [0, 0.1) is 0 Å². The average Bonchev–Trinajstić information content (AvgIpc) is 2.81. The van der Waals surface area contributed by atoms with Crippen molar-refractivity contribution in [2.45, 2.75) is 43.0 Å². The highest BCUT2D eigenvalue weighted by molar-refractivity contribution is 7.89. The molecule has 2 aromatic rings. The Morgan fingerprint density at radius 1 is 0.938 bits per heavy atom. The van der Waals surface area contributed by atoms with E-state index in [-0.39, 0.29) is 17.5 Å².